The van der Waals surface area contributed by atoms with Crippen LogP contribution in [-0.2, 0) is 9.59 Å². The molecule has 1 amide bonds. The van der Waals surface area contributed by atoms with Gasteiger partial charge in [-0.1, -0.05) is 12.8 Å². The standard InChI is InChI=1S/C23H36Cl2N2O4S/c24-12-5-7-17(19(25)9-12)20-11-32-23(26-20)27-21(29)18-10-13(28)6-8-15(18)14-3-1-2-4-16(14)22(30)31/h12-20,23,26,28H,1-11H2,(H,27,29)(H,30,31). The van der Waals surface area contributed by atoms with E-state index in [1.165, 1.54) is 0 Å². The Balaban J connectivity index is 1.38. The Morgan fingerprint density at radius 3 is 2.38 bits per heavy atom. The number of amides is 1. The van der Waals surface area contributed by atoms with Gasteiger partial charge in [0, 0.05) is 28.5 Å². The van der Waals surface area contributed by atoms with E-state index in [4.69, 9.17) is 23.2 Å². The number of halogens is 2. The first-order valence-corrected chi connectivity index (χ1v) is 14.1. The van der Waals surface area contributed by atoms with Crippen molar-refractivity contribution in [1.82, 2.24) is 10.6 Å². The summed E-state index contributed by atoms with van der Waals surface area (Å²) in [6.07, 6.45) is 7.61. The van der Waals surface area contributed by atoms with Crippen LogP contribution in [0.4, 0.5) is 0 Å². The van der Waals surface area contributed by atoms with Gasteiger partial charge in [0.25, 0.3) is 0 Å². The van der Waals surface area contributed by atoms with Gasteiger partial charge in [0.05, 0.1) is 12.0 Å². The molecule has 182 valence electrons. The molecule has 3 aliphatic carbocycles. The number of hydrogen-bond donors (Lipinski definition) is 4. The van der Waals surface area contributed by atoms with Crippen LogP contribution in [0.15, 0.2) is 0 Å². The van der Waals surface area contributed by atoms with Gasteiger partial charge >= 0.3 is 5.97 Å². The summed E-state index contributed by atoms with van der Waals surface area (Å²) in [5.41, 5.74) is -0.175. The number of aliphatic carboxylic acids is 1. The van der Waals surface area contributed by atoms with Crippen molar-refractivity contribution in [1.29, 1.82) is 0 Å². The molecule has 0 bridgehead atoms. The van der Waals surface area contributed by atoms with E-state index in [9.17, 15) is 19.8 Å². The first kappa shape index (κ1) is 24.9. The molecule has 0 aromatic heterocycles. The number of carboxylic acids is 1. The lowest BCUT2D eigenvalue weighted by Gasteiger charge is -2.42. The van der Waals surface area contributed by atoms with Crippen LogP contribution in [0, 0.1) is 29.6 Å². The Kier molecular flexibility index (Phi) is 8.58. The third-order valence-electron chi connectivity index (χ3n) is 8.26. The highest BCUT2D eigenvalue weighted by molar-refractivity contribution is 8.00. The van der Waals surface area contributed by atoms with Crippen LogP contribution in [0.3, 0.4) is 0 Å². The number of hydrogen-bond acceptors (Lipinski definition) is 5. The number of carboxylic acid groups (broad SMARTS) is 1. The van der Waals surface area contributed by atoms with Crippen LogP contribution >= 0.6 is 35.0 Å². The van der Waals surface area contributed by atoms with E-state index in [0.29, 0.717) is 25.2 Å². The predicted molar refractivity (Wildman–Crippen MR) is 128 cm³/mol. The molecule has 10 unspecified atom stereocenters. The maximum absolute atomic E-state index is 13.4. The fraction of sp³-hybridized carbons (Fsp3) is 0.913. The molecule has 4 rings (SSSR count). The van der Waals surface area contributed by atoms with Gasteiger partial charge in [0.2, 0.25) is 5.91 Å². The summed E-state index contributed by atoms with van der Waals surface area (Å²) in [5, 5.41) is 27.0. The highest BCUT2D eigenvalue weighted by Crippen LogP contribution is 2.45. The Hall–Kier alpha value is -0.210. The molecule has 3 saturated carbocycles. The van der Waals surface area contributed by atoms with E-state index in [0.717, 1.165) is 50.7 Å². The van der Waals surface area contributed by atoms with Crippen LogP contribution in [0.2, 0.25) is 0 Å². The Bertz CT molecular complexity index is 686. The quantitative estimate of drug-likeness (QED) is 0.423. The Morgan fingerprint density at radius 2 is 1.62 bits per heavy atom. The van der Waals surface area contributed by atoms with Gasteiger partial charge in [0.1, 0.15) is 5.50 Å². The van der Waals surface area contributed by atoms with E-state index in [2.05, 4.69) is 10.6 Å². The Labute approximate surface area is 204 Å². The molecule has 4 aliphatic rings. The van der Waals surface area contributed by atoms with Crippen molar-refractivity contribution in [3.05, 3.63) is 0 Å². The van der Waals surface area contributed by atoms with E-state index >= 15 is 0 Å². The SMILES string of the molecule is O=C(O)C1CCCCC1C1CCC(O)CC1C(=O)NC1NC(C2CCC(Cl)CC2Cl)CS1. The summed E-state index contributed by atoms with van der Waals surface area (Å²) < 4.78 is 0. The molecule has 0 aromatic carbocycles. The van der Waals surface area contributed by atoms with Crippen molar-refractivity contribution >= 4 is 46.8 Å². The third kappa shape index (κ3) is 5.70. The van der Waals surface area contributed by atoms with Crippen LogP contribution in [-0.4, -0.2) is 56.2 Å². The van der Waals surface area contributed by atoms with Crippen LogP contribution < -0.4 is 10.6 Å². The fourth-order valence-corrected chi connectivity index (χ4v) is 8.71. The number of nitrogens with one attached hydrogen (secondary N) is 2. The number of rotatable bonds is 5. The van der Waals surface area contributed by atoms with Crippen molar-refractivity contribution in [3.63, 3.8) is 0 Å². The summed E-state index contributed by atoms with van der Waals surface area (Å²) in [6, 6.07) is 0.249. The van der Waals surface area contributed by atoms with Gasteiger partial charge in [-0.05, 0) is 69.1 Å². The second-order valence-corrected chi connectivity index (χ2v) is 12.5. The lowest BCUT2D eigenvalue weighted by atomic mass is 9.63. The van der Waals surface area contributed by atoms with Crippen molar-refractivity contribution in [2.45, 2.75) is 92.6 Å². The highest BCUT2D eigenvalue weighted by Gasteiger charge is 2.45. The smallest absolute Gasteiger partial charge is 0.306 e. The Morgan fingerprint density at radius 1 is 0.906 bits per heavy atom. The maximum atomic E-state index is 13.4. The molecule has 9 heteroatoms. The van der Waals surface area contributed by atoms with Gasteiger partial charge in [-0.15, -0.1) is 35.0 Å². The van der Waals surface area contributed by atoms with Crippen molar-refractivity contribution in [2.75, 3.05) is 5.75 Å². The molecule has 1 saturated heterocycles. The number of thioether (sulfide) groups is 1. The second kappa shape index (κ2) is 11.0. The number of alkyl halides is 2. The average molecular weight is 508 g/mol. The van der Waals surface area contributed by atoms with Gasteiger partial charge in [-0.25, -0.2) is 0 Å². The topological polar surface area (TPSA) is 98.7 Å². The molecule has 4 N–H and O–H groups in total. The first-order chi connectivity index (χ1) is 15.3. The number of carbonyl (C=O) groups excluding carboxylic acids is 1. The second-order valence-electron chi connectivity index (χ2n) is 10.2. The molecule has 0 aromatic rings. The third-order valence-corrected chi connectivity index (χ3v) is 10.3. The monoisotopic (exact) mass is 506 g/mol. The van der Waals surface area contributed by atoms with E-state index < -0.39 is 12.1 Å². The first-order valence-electron chi connectivity index (χ1n) is 12.2. The summed E-state index contributed by atoms with van der Waals surface area (Å²) in [4.78, 5) is 25.2. The minimum atomic E-state index is -0.738. The molecule has 6 nitrogen and oxygen atoms in total. The zero-order valence-corrected chi connectivity index (χ0v) is 20.8. The molecule has 32 heavy (non-hydrogen) atoms. The van der Waals surface area contributed by atoms with E-state index in [-0.39, 0.29) is 51.9 Å². The van der Waals surface area contributed by atoms with Gasteiger partial charge < -0.3 is 15.5 Å². The maximum Gasteiger partial charge on any atom is 0.306 e. The van der Waals surface area contributed by atoms with Crippen molar-refractivity contribution < 1.29 is 19.8 Å². The number of carbonyl (C=O) groups is 2. The zero-order chi connectivity index (χ0) is 22.8. The van der Waals surface area contributed by atoms with Crippen LogP contribution in [0.25, 0.3) is 0 Å². The lowest BCUT2D eigenvalue weighted by Crippen LogP contribution is -2.51. The predicted octanol–water partition coefficient (Wildman–Crippen LogP) is 3.77. The minimum Gasteiger partial charge on any atom is -0.481 e. The lowest BCUT2D eigenvalue weighted by molar-refractivity contribution is -0.148. The van der Waals surface area contributed by atoms with Crippen LogP contribution in [0.5, 0.6) is 0 Å². The highest BCUT2D eigenvalue weighted by atomic mass is 35.5. The molecule has 1 heterocycles. The fourth-order valence-electron chi connectivity index (χ4n) is 6.57. The van der Waals surface area contributed by atoms with Crippen LogP contribution in [0.1, 0.15) is 64.2 Å². The van der Waals surface area contributed by atoms with E-state index in [1.807, 2.05) is 0 Å². The average Bonchev–Trinajstić information content (AvgIpc) is 3.21. The summed E-state index contributed by atoms with van der Waals surface area (Å²) >= 11 is 14.5. The van der Waals surface area contributed by atoms with Gasteiger partial charge in [0.15, 0.2) is 0 Å². The minimum absolute atomic E-state index is 0.0178. The molecular weight excluding hydrogens is 471 g/mol. The number of aliphatic hydroxyl groups excluding tert-OH is 1. The molecule has 1 aliphatic heterocycles. The molecule has 4 fully saturated rings. The molecular formula is C23H36Cl2N2O4S. The van der Waals surface area contributed by atoms with Crippen molar-refractivity contribution in [2.24, 2.45) is 29.6 Å². The molecule has 0 spiro atoms. The largest absolute Gasteiger partial charge is 0.481 e. The zero-order valence-electron chi connectivity index (χ0n) is 18.4. The summed E-state index contributed by atoms with van der Waals surface area (Å²) in [7, 11) is 0. The van der Waals surface area contributed by atoms with Gasteiger partial charge in [-0.2, -0.15) is 0 Å². The normalized spacial score (nSPS) is 45.3. The summed E-state index contributed by atoms with van der Waals surface area (Å²) in [6.45, 7) is 0. The number of aliphatic hydroxyl groups is 1. The van der Waals surface area contributed by atoms with Crippen molar-refractivity contribution in [3.8, 4) is 0 Å². The van der Waals surface area contributed by atoms with E-state index in [1.54, 1.807) is 11.8 Å². The molecule has 0 radical (unpaired) electrons. The molecule has 10 atom stereocenters. The van der Waals surface area contributed by atoms with Gasteiger partial charge in [-0.3, -0.25) is 14.9 Å². The summed E-state index contributed by atoms with van der Waals surface area (Å²) in [5.74, 6) is -0.218.